The molecule has 0 bridgehead atoms. The molecule has 0 spiro atoms. The molecule has 12 heavy (non-hydrogen) atoms. The number of hydrogen-bond acceptors (Lipinski definition) is 5. The van der Waals surface area contributed by atoms with Crippen molar-refractivity contribution in [3.8, 4) is 0 Å². The van der Waals surface area contributed by atoms with Crippen molar-refractivity contribution in [2.75, 3.05) is 0 Å². The molecule has 0 saturated carbocycles. The lowest BCUT2D eigenvalue weighted by Crippen LogP contribution is -2.20. The predicted octanol–water partition coefficient (Wildman–Crippen LogP) is 0.451. The number of aromatic nitrogens is 1. The van der Waals surface area contributed by atoms with Gasteiger partial charge >= 0.3 is 6.09 Å². The summed E-state index contributed by atoms with van der Waals surface area (Å²) in [6.07, 6.45) is 0.0581. The van der Waals surface area contributed by atoms with Crippen LogP contribution >= 0.6 is 11.5 Å². The molecule has 2 rings (SSSR count). The first kappa shape index (κ1) is 7.23. The third-order valence-corrected chi connectivity index (χ3v) is 2.19. The topological polar surface area (TPSA) is 68.3 Å². The van der Waals surface area contributed by atoms with E-state index in [1.807, 2.05) is 5.32 Å². The highest BCUT2D eigenvalue weighted by Gasteiger charge is 2.34. The summed E-state index contributed by atoms with van der Waals surface area (Å²) in [5, 5.41) is 2.03. The molecule has 1 atom stereocenters. The number of nitrogens with one attached hydrogen (secondary N) is 1. The van der Waals surface area contributed by atoms with Gasteiger partial charge in [-0.25, -0.2) is 9.17 Å². The number of cyclic esters (lactones) is 1. The van der Waals surface area contributed by atoms with Crippen LogP contribution in [0.4, 0.5) is 4.79 Å². The molecule has 62 valence electrons. The van der Waals surface area contributed by atoms with Crippen molar-refractivity contribution in [2.45, 2.75) is 6.10 Å². The second-order valence-electron chi connectivity index (χ2n) is 2.19. The Balaban J connectivity index is 2.26. The first-order valence-electron chi connectivity index (χ1n) is 3.19. The second-order valence-corrected chi connectivity index (χ2v) is 3.05. The number of alkyl carbamates (subject to hydrolysis) is 1. The van der Waals surface area contributed by atoms with Crippen molar-refractivity contribution in [3.05, 3.63) is 17.1 Å². The van der Waals surface area contributed by atoms with Crippen LogP contribution in [0.5, 0.6) is 0 Å². The fourth-order valence-corrected chi connectivity index (χ4v) is 1.52. The van der Waals surface area contributed by atoms with E-state index in [9.17, 15) is 9.59 Å². The minimum atomic E-state index is -0.801. The summed E-state index contributed by atoms with van der Waals surface area (Å²) in [6, 6.07) is 1.65. The Morgan fingerprint density at radius 2 is 2.42 bits per heavy atom. The molecule has 1 N–H and O–H groups in total. The third-order valence-electron chi connectivity index (χ3n) is 1.40. The van der Waals surface area contributed by atoms with Gasteiger partial charge in [0.25, 0.3) is 5.91 Å². The quantitative estimate of drug-likeness (QED) is 0.688. The molecule has 1 unspecified atom stereocenters. The van der Waals surface area contributed by atoms with Crippen molar-refractivity contribution in [1.29, 1.82) is 0 Å². The number of amides is 2. The average molecular weight is 184 g/mol. The SMILES string of the molecule is O=C1NC(=O)C(c2ccns2)O1. The summed E-state index contributed by atoms with van der Waals surface area (Å²) in [4.78, 5) is 22.2. The number of hydrogen-bond donors (Lipinski definition) is 1. The zero-order chi connectivity index (χ0) is 8.55. The molecule has 0 radical (unpaired) electrons. The largest absolute Gasteiger partial charge is 0.430 e. The maximum Gasteiger partial charge on any atom is 0.415 e. The van der Waals surface area contributed by atoms with Crippen LogP contribution in [0.25, 0.3) is 0 Å². The molecule has 1 fully saturated rings. The lowest BCUT2D eigenvalue weighted by atomic mass is 10.3. The van der Waals surface area contributed by atoms with Gasteiger partial charge in [-0.2, -0.15) is 0 Å². The van der Waals surface area contributed by atoms with Gasteiger partial charge in [-0.1, -0.05) is 0 Å². The van der Waals surface area contributed by atoms with Crippen LogP contribution < -0.4 is 5.32 Å². The van der Waals surface area contributed by atoms with Gasteiger partial charge in [0, 0.05) is 6.20 Å². The molecule has 1 aliphatic rings. The highest BCUT2D eigenvalue weighted by Crippen LogP contribution is 2.24. The number of carbonyl (C=O) groups excluding carboxylic acids is 2. The molecule has 1 aromatic rings. The van der Waals surface area contributed by atoms with Crippen molar-refractivity contribution < 1.29 is 14.3 Å². The maximum absolute atomic E-state index is 11.0. The molecule has 0 aromatic carbocycles. The zero-order valence-corrected chi connectivity index (χ0v) is 6.63. The van der Waals surface area contributed by atoms with E-state index in [1.165, 1.54) is 0 Å². The van der Waals surface area contributed by atoms with E-state index in [2.05, 4.69) is 9.11 Å². The van der Waals surface area contributed by atoms with Gasteiger partial charge in [0.1, 0.15) is 0 Å². The van der Waals surface area contributed by atoms with Crippen LogP contribution in [0.2, 0.25) is 0 Å². The highest BCUT2D eigenvalue weighted by atomic mass is 32.1. The Bertz CT molecular complexity index is 322. The first-order chi connectivity index (χ1) is 5.77. The van der Waals surface area contributed by atoms with E-state index in [1.54, 1.807) is 12.3 Å². The molecular weight excluding hydrogens is 180 g/mol. The predicted molar refractivity (Wildman–Crippen MR) is 39.5 cm³/mol. The normalized spacial score (nSPS) is 22.2. The van der Waals surface area contributed by atoms with Gasteiger partial charge < -0.3 is 4.74 Å². The molecule has 6 heteroatoms. The Morgan fingerprint density at radius 3 is 2.92 bits per heavy atom. The summed E-state index contributed by atoms with van der Waals surface area (Å²) < 4.78 is 8.49. The van der Waals surface area contributed by atoms with Gasteiger partial charge in [0.15, 0.2) is 0 Å². The average Bonchev–Trinajstić information content (AvgIpc) is 2.58. The number of ether oxygens (including phenoxy) is 1. The molecule has 1 aliphatic heterocycles. The van der Waals surface area contributed by atoms with Crippen molar-refractivity contribution in [3.63, 3.8) is 0 Å². The number of nitrogens with zero attached hydrogens (tertiary/aromatic N) is 1. The number of rotatable bonds is 1. The fraction of sp³-hybridized carbons (Fsp3) is 0.167. The number of carbonyl (C=O) groups is 2. The molecular formula is C6H4N2O3S. The summed E-state index contributed by atoms with van der Waals surface area (Å²) in [5.74, 6) is -0.427. The molecule has 5 nitrogen and oxygen atoms in total. The highest BCUT2D eigenvalue weighted by molar-refractivity contribution is 7.05. The minimum Gasteiger partial charge on any atom is -0.430 e. The van der Waals surface area contributed by atoms with E-state index >= 15 is 0 Å². The first-order valence-corrected chi connectivity index (χ1v) is 3.97. The van der Waals surface area contributed by atoms with Gasteiger partial charge in [-0.3, -0.25) is 10.1 Å². The maximum atomic E-state index is 11.0. The Hall–Kier alpha value is -1.43. The zero-order valence-electron chi connectivity index (χ0n) is 5.81. The van der Waals surface area contributed by atoms with Crippen LogP contribution in [-0.2, 0) is 9.53 Å². The van der Waals surface area contributed by atoms with Gasteiger partial charge in [0.2, 0.25) is 6.10 Å². The third kappa shape index (κ3) is 1.06. The Kier molecular flexibility index (Phi) is 1.54. The molecule has 2 heterocycles. The summed E-state index contributed by atoms with van der Waals surface area (Å²) in [5.41, 5.74) is 0. The molecule has 1 aromatic heterocycles. The molecule has 0 aliphatic carbocycles. The van der Waals surface area contributed by atoms with Crippen LogP contribution in [0.15, 0.2) is 12.3 Å². The minimum absolute atomic E-state index is 0.427. The smallest absolute Gasteiger partial charge is 0.415 e. The van der Waals surface area contributed by atoms with E-state index < -0.39 is 18.1 Å². The van der Waals surface area contributed by atoms with Crippen molar-refractivity contribution >= 4 is 23.5 Å². The van der Waals surface area contributed by atoms with Gasteiger partial charge in [-0.15, -0.1) is 0 Å². The lowest BCUT2D eigenvalue weighted by molar-refractivity contribution is -0.123. The van der Waals surface area contributed by atoms with Crippen molar-refractivity contribution in [2.24, 2.45) is 0 Å². The van der Waals surface area contributed by atoms with Gasteiger partial charge in [-0.05, 0) is 17.6 Å². The fourth-order valence-electron chi connectivity index (χ4n) is 0.904. The Labute approximate surface area is 71.5 Å². The Morgan fingerprint density at radius 1 is 1.58 bits per heavy atom. The monoisotopic (exact) mass is 184 g/mol. The van der Waals surface area contributed by atoms with E-state index in [0.29, 0.717) is 4.88 Å². The second kappa shape index (κ2) is 2.56. The molecule has 2 amide bonds. The lowest BCUT2D eigenvalue weighted by Gasteiger charge is -1.99. The van der Waals surface area contributed by atoms with Crippen LogP contribution in [-0.4, -0.2) is 16.4 Å². The standard InChI is InChI=1S/C6H4N2O3S/c9-5-4(11-6(10)8-5)3-1-2-7-12-3/h1-2,4H,(H,8,9,10). The van der Waals surface area contributed by atoms with E-state index in [4.69, 9.17) is 0 Å². The van der Waals surface area contributed by atoms with Crippen LogP contribution in [0.3, 0.4) is 0 Å². The van der Waals surface area contributed by atoms with Crippen LogP contribution in [0, 0.1) is 0 Å². The van der Waals surface area contributed by atoms with Crippen LogP contribution in [0.1, 0.15) is 11.0 Å². The van der Waals surface area contributed by atoms with E-state index in [0.717, 1.165) is 11.5 Å². The summed E-state index contributed by atoms with van der Waals surface area (Å²) >= 11 is 1.14. The molecule has 1 saturated heterocycles. The number of imide groups is 1. The summed E-state index contributed by atoms with van der Waals surface area (Å²) in [7, 11) is 0. The van der Waals surface area contributed by atoms with E-state index in [-0.39, 0.29) is 0 Å². The van der Waals surface area contributed by atoms with Crippen molar-refractivity contribution in [1.82, 2.24) is 9.69 Å². The summed E-state index contributed by atoms with van der Waals surface area (Å²) in [6.45, 7) is 0. The van der Waals surface area contributed by atoms with Gasteiger partial charge in [0.05, 0.1) is 4.88 Å².